The molecule has 0 aliphatic rings. The molecule has 0 saturated carbocycles. The van der Waals surface area contributed by atoms with Crippen molar-refractivity contribution in [1.82, 2.24) is 9.97 Å². The molecule has 0 amide bonds. The second-order valence-electron chi connectivity index (χ2n) is 18.5. The van der Waals surface area contributed by atoms with Crippen LogP contribution in [0.4, 0.5) is 0 Å². The molecule has 3 aromatic carbocycles. The number of nitrogens with zero attached hydrogens (tertiary/aromatic N) is 2. The maximum atomic E-state index is 11.7. The van der Waals surface area contributed by atoms with E-state index in [0.29, 0.717) is 17.8 Å². The summed E-state index contributed by atoms with van der Waals surface area (Å²) in [5.74, 6) is 2.58. The fourth-order valence-corrected chi connectivity index (χ4v) is 17.7. The summed E-state index contributed by atoms with van der Waals surface area (Å²) in [7, 11) is -1.79. The third-order valence-corrected chi connectivity index (χ3v) is 19.3. The summed E-state index contributed by atoms with van der Waals surface area (Å²) < 4.78 is 11.0. The van der Waals surface area contributed by atoms with Crippen molar-refractivity contribution in [2.75, 3.05) is 0 Å². The van der Waals surface area contributed by atoms with E-state index in [1.165, 1.54) is 45.4 Å². The van der Waals surface area contributed by atoms with Gasteiger partial charge in [0.25, 0.3) is 0 Å². The number of aromatic nitrogens is 2. The Morgan fingerprint density at radius 1 is 0.842 bits per heavy atom. The number of thiophene rings is 1. The molecule has 57 heavy (non-hydrogen) atoms. The van der Waals surface area contributed by atoms with Gasteiger partial charge in [-0.3, -0.25) is 9.78 Å². The molecule has 0 spiro atoms. The summed E-state index contributed by atoms with van der Waals surface area (Å²) >= 11 is 1.82. The number of allylic oxidation sites excluding steroid dienone is 2. The second kappa shape index (κ2) is 21.0. The van der Waals surface area contributed by atoms with E-state index < -0.39 is 8.07 Å². The largest absolute Gasteiger partial charge is 0.512 e. The van der Waals surface area contributed by atoms with Gasteiger partial charge >= 0.3 is 0 Å². The predicted octanol–water partition coefficient (Wildman–Crippen LogP) is 14.6. The van der Waals surface area contributed by atoms with Gasteiger partial charge < -0.3 is 5.11 Å². The first-order chi connectivity index (χ1) is 26.8. The van der Waals surface area contributed by atoms with Crippen LogP contribution in [0.5, 0.6) is 0 Å². The molecular formula is C50H71IrN2O2SSi-. The molecule has 0 aliphatic carbocycles. The van der Waals surface area contributed by atoms with Gasteiger partial charge in [0.1, 0.15) is 7.67 Å². The van der Waals surface area contributed by atoms with Gasteiger partial charge in [-0.2, -0.15) is 0 Å². The molecular weight excluding hydrogens is 913 g/mol. The summed E-state index contributed by atoms with van der Waals surface area (Å²) in [4.78, 5) is 21.2. The van der Waals surface area contributed by atoms with Crippen LogP contribution in [-0.4, -0.2) is 28.9 Å². The Morgan fingerprint density at radius 3 is 1.93 bits per heavy atom. The topological polar surface area (TPSA) is 63.1 Å². The van der Waals surface area contributed by atoms with Gasteiger partial charge in [-0.05, 0) is 61.3 Å². The van der Waals surface area contributed by atoms with Crippen LogP contribution in [0.2, 0.25) is 18.1 Å². The Hall–Kier alpha value is -2.70. The SMILES string of the molecule is CCC(CC)C(=O)/C=C(\O)C(CC)CC.[2H]c1nc(-c2[c-]c3ccccc3c(C(C)(C)C)c2)c2sc3c(C)c([Si](CC(C)C)(CC(C)C)CC(C)C)ccc3c2n1.[Ir]. The molecule has 0 unspecified atom stereocenters. The fraction of sp³-hybridized carbons (Fsp3) is 0.540. The van der Waals surface area contributed by atoms with E-state index in [-0.39, 0.29) is 55.2 Å². The molecule has 0 bridgehead atoms. The predicted molar refractivity (Wildman–Crippen MR) is 248 cm³/mol. The van der Waals surface area contributed by atoms with E-state index in [1.54, 1.807) is 5.19 Å². The number of aliphatic hydroxyl groups excluding tert-OH is 1. The van der Waals surface area contributed by atoms with E-state index in [1.807, 2.05) is 39.0 Å². The van der Waals surface area contributed by atoms with Gasteiger partial charge in [-0.25, -0.2) is 4.98 Å². The van der Waals surface area contributed by atoms with Gasteiger partial charge in [0.05, 0.1) is 19.3 Å². The summed E-state index contributed by atoms with van der Waals surface area (Å²) in [5, 5.41) is 14.9. The number of aliphatic hydroxyl groups is 1. The van der Waals surface area contributed by atoms with E-state index in [9.17, 15) is 9.90 Å². The molecule has 0 saturated heterocycles. The standard InChI is InChI=1S/C37H47N2SSi.C13H24O2.Ir/c1-23(2)19-41(20-24(3)4,21-25(5)6)32-16-15-30-34-36(40-35(30)26(32)7)33(38-22-39-34)28-17-27-13-11-12-14-29(27)31(18-28)37(8,9)10;1-5-10(6-2)12(14)9-13(15)11(7-3)8-4;/h11-16,18,22-25H,19-21H2,1-10H3;9-11,14H,5-8H2,1-4H3;/q-1;;/b;12-9-;/i22D;;. The Kier molecular flexibility index (Phi) is 17.3. The van der Waals surface area contributed by atoms with Crippen LogP contribution < -0.4 is 5.19 Å². The van der Waals surface area contributed by atoms with Crippen molar-refractivity contribution in [3.63, 3.8) is 0 Å². The number of carbonyl (C=O) groups is 1. The number of rotatable bonds is 15. The molecule has 313 valence electrons. The molecule has 0 aliphatic heterocycles. The first-order valence-electron chi connectivity index (χ1n) is 21.9. The number of hydrogen-bond donors (Lipinski definition) is 1. The molecule has 1 N–H and O–H groups in total. The minimum Gasteiger partial charge on any atom is -0.512 e. The van der Waals surface area contributed by atoms with E-state index >= 15 is 0 Å². The monoisotopic (exact) mass is 985 g/mol. The van der Waals surface area contributed by atoms with Crippen LogP contribution >= 0.6 is 11.3 Å². The summed E-state index contributed by atoms with van der Waals surface area (Å²) in [6.07, 6.45) is 4.98. The quantitative estimate of drug-likeness (QED) is 0.0491. The molecule has 5 aromatic rings. The molecule has 0 atom stereocenters. The average molecular weight is 986 g/mol. The molecule has 2 heterocycles. The molecule has 5 rings (SSSR count). The van der Waals surface area contributed by atoms with Gasteiger partial charge in [0.2, 0.25) is 0 Å². The average Bonchev–Trinajstić information content (AvgIpc) is 3.50. The molecule has 1 radical (unpaired) electrons. The fourth-order valence-electron chi connectivity index (χ4n) is 9.17. The number of ketones is 1. The third kappa shape index (κ3) is 11.5. The molecule has 7 heteroatoms. The van der Waals surface area contributed by atoms with Crippen LogP contribution in [0.1, 0.15) is 128 Å². The smallest absolute Gasteiger partial charge is 0.162 e. The Labute approximate surface area is 365 Å². The van der Waals surface area contributed by atoms with E-state index in [4.69, 9.17) is 11.3 Å². The Balaban J connectivity index is 0.000000480. The molecule has 2 aromatic heterocycles. The summed E-state index contributed by atoms with van der Waals surface area (Å²) in [6.45, 7) is 31.6. The number of carbonyl (C=O) groups excluding carboxylic acids is 1. The first kappa shape index (κ1) is 47.0. The zero-order valence-corrected chi connectivity index (χ0v) is 41.7. The van der Waals surface area contributed by atoms with Crippen LogP contribution in [0.15, 0.2) is 60.6 Å². The van der Waals surface area contributed by atoms with Crippen molar-refractivity contribution in [1.29, 1.82) is 0 Å². The normalized spacial score (nSPS) is 13.0. The zero-order valence-electron chi connectivity index (χ0n) is 38.4. The maximum absolute atomic E-state index is 11.7. The minimum absolute atomic E-state index is 0. The zero-order chi connectivity index (χ0) is 42.4. The van der Waals surface area contributed by atoms with Crippen molar-refractivity contribution >= 4 is 61.5 Å². The van der Waals surface area contributed by atoms with Crippen molar-refractivity contribution < 1.29 is 31.4 Å². The van der Waals surface area contributed by atoms with Gasteiger partial charge in [-0.15, -0.1) is 40.5 Å². The minimum atomic E-state index is -1.79. The van der Waals surface area contributed by atoms with Crippen molar-refractivity contribution in [3.8, 4) is 11.3 Å². The Morgan fingerprint density at radius 2 is 1.40 bits per heavy atom. The van der Waals surface area contributed by atoms with Gasteiger partial charge in [0, 0.05) is 58.5 Å². The summed E-state index contributed by atoms with van der Waals surface area (Å²) in [6, 6.07) is 23.2. The first-order valence-corrected chi connectivity index (χ1v) is 24.8. The third-order valence-electron chi connectivity index (χ3n) is 11.5. The van der Waals surface area contributed by atoms with Crippen LogP contribution in [0, 0.1) is 42.6 Å². The van der Waals surface area contributed by atoms with Crippen molar-refractivity contribution in [2.24, 2.45) is 29.6 Å². The molecule has 4 nitrogen and oxygen atoms in total. The second-order valence-corrected chi connectivity index (χ2v) is 23.9. The van der Waals surface area contributed by atoms with Gasteiger partial charge in [-0.1, -0.05) is 155 Å². The number of hydrogen-bond acceptors (Lipinski definition) is 5. The maximum Gasteiger partial charge on any atom is 0.162 e. The van der Waals surface area contributed by atoms with Crippen molar-refractivity contribution in [3.05, 3.63) is 77.8 Å². The van der Waals surface area contributed by atoms with E-state index in [0.717, 1.165) is 57.9 Å². The van der Waals surface area contributed by atoms with Crippen LogP contribution in [0.3, 0.4) is 0 Å². The van der Waals surface area contributed by atoms with E-state index in [2.05, 4.69) is 118 Å². The van der Waals surface area contributed by atoms with Gasteiger partial charge in [0.15, 0.2) is 5.78 Å². The van der Waals surface area contributed by atoms with Crippen LogP contribution in [-0.2, 0) is 30.3 Å². The number of aryl methyl sites for hydroxylation is 1. The van der Waals surface area contributed by atoms with Crippen LogP contribution in [0.25, 0.3) is 42.3 Å². The number of fused-ring (bicyclic) bond motifs is 4. The number of benzene rings is 3. The Bertz CT molecular complexity index is 2150. The van der Waals surface area contributed by atoms with Crippen molar-refractivity contribution in [2.45, 2.75) is 146 Å². The molecule has 0 fully saturated rings. The summed E-state index contributed by atoms with van der Waals surface area (Å²) in [5.41, 5.74) is 5.35.